The highest BCUT2D eigenvalue weighted by Gasteiger charge is 2.18. The second-order valence-corrected chi connectivity index (χ2v) is 9.25. The normalized spacial score (nSPS) is 14.7. The number of hydrogen-bond acceptors (Lipinski definition) is 4. The van der Waals surface area contributed by atoms with Crippen LogP contribution in [0.15, 0.2) is 77.7 Å². The van der Waals surface area contributed by atoms with E-state index in [2.05, 4.69) is 39.2 Å². The zero-order chi connectivity index (χ0) is 23.3. The van der Waals surface area contributed by atoms with Gasteiger partial charge >= 0.3 is 0 Å². The van der Waals surface area contributed by atoms with E-state index in [1.165, 1.54) is 0 Å². The molecule has 0 spiro atoms. The van der Waals surface area contributed by atoms with E-state index in [-0.39, 0.29) is 5.56 Å². The summed E-state index contributed by atoms with van der Waals surface area (Å²) in [5, 5.41) is 6.63. The summed E-state index contributed by atoms with van der Waals surface area (Å²) in [6.07, 6.45) is 5.16. The van der Waals surface area contributed by atoms with E-state index < -0.39 is 0 Å². The molecule has 0 unspecified atom stereocenters. The molecule has 7 heteroatoms. The minimum Gasteiger partial charge on any atom is -0.368 e. The number of nitrogens with zero attached hydrogens (tertiary/aromatic N) is 5. The monoisotopic (exact) mass is 475 g/mol. The first-order chi connectivity index (χ1) is 16.7. The second kappa shape index (κ2) is 10.5. The van der Waals surface area contributed by atoms with Gasteiger partial charge in [-0.1, -0.05) is 48.4 Å². The van der Waals surface area contributed by atoms with Crippen LogP contribution in [0.4, 0.5) is 5.69 Å². The highest BCUT2D eigenvalue weighted by atomic mass is 35.5. The predicted octanol–water partition coefficient (Wildman–Crippen LogP) is 4.83. The third kappa shape index (κ3) is 5.03. The van der Waals surface area contributed by atoms with Gasteiger partial charge < -0.3 is 4.90 Å². The number of anilines is 1. The number of piperazine rings is 1. The Kier molecular flexibility index (Phi) is 6.97. The van der Waals surface area contributed by atoms with Gasteiger partial charge in [-0.15, -0.1) is 0 Å². The third-order valence-corrected chi connectivity index (χ3v) is 6.93. The maximum absolute atomic E-state index is 12.4. The number of fused-ring (bicyclic) bond motifs is 1. The molecule has 2 aromatic carbocycles. The molecule has 6 nitrogen and oxygen atoms in total. The number of hydrogen-bond donors (Lipinski definition) is 0. The molecule has 0 atom stereocenters. The van der Waals surface area contributed by atoms with Gasteiger partial charge in [-0.05, 0) is 55.1 Å². The molecule has 0 aliphatic carbocycles. The number of aromatic nitrogens is 3. The standard InChI is InChI=1S/C27H30ClN5O/c28-23-9-3-5-11-25(23)31-20-18-30(19-21-31)15-6-1-7-16-33-27(34)13-12-26(29-33)32-17-14-22-8-2-4-10-24(22)32/h2-5,8-14,17H,1,6-7,15-16,18-21H2. The summed E-state index contributed by atoms with van der Waals surface area (Å²) in [6, 6.07) is 21.8. The van der Waals surface area contributed by atoms with Gasteiger partial charge in [-0.25, -0.2) is 4.68 Å². The molecule has 2 aromatic heterocycles. The Bertz CT molecular complexity index is 1310. The third-order valence-electron chi connectivity index (χ3n) is 6.61. The molecule has 34 heavy (non-hydrogen) atoms. The number of halogens is 1. The fourth-order valence-corrected chi connectivity index (χ4v) is 4.96. The van der Waals surface area contributed by atoms with Gasteiger partial charge in [0, 0.05) is 45.0 Å². The lowest BCUT2D eigenvalue weighted by Gasteiger charge is -2.36. The number of unbranched alkanes of at least 4 members (excludes halogenated alkanes) is 2. The van der Waals surface area contributed by atoms with Crippen molar-refractivity contribution < 1.29 is 0 Å². The van der Waals surface area contributed by atoms with Crippen molar-refractivity contribution >= 4 is 28.2 Å². The van der Waals surface area contributed by atoms with E-state index in [1.807, 2.05) is 41.1 Å². The molecule has 1 aliphatic heterocycles. The van der Waals surface area contributed by atoms with Crippen molar-refractivity contribution in [2.45, 2.75) is 25.8 Å². The summed E-state index contributed by atoms with van der Waals surface area (Å²) in [7, 11) is 0. The van der Waals surface area contributed by atoms with Crippen LogP contribution >= 0.6 is 11.6 Å². The van der Waals surface area contributed by atoms with E-state index in [0.717, 1.165) is 79.4 Å². The number of para-hydroxylation sites is 2. The first-order valence-electron chi connectivity index (χ1n) is 12.1. The number of rotatable bonds is 8. The SMILES string of the molecule is O=c1ccc(-n2ccc3ccccc32)nn1CCCCCN1CCN(c2ccccc2Cl)CC1. The van der Waals surface area contributed by atoms with Crippen molar-refractivity contribution in [3.63, 3.8) is 0 Å². The average Bonchev–Trinajstić information content (AvgIpc) is 3.30. The quantitative estimate of drug-likeness (QED) is 0.342. The second-order valence-electron chi connectivity index (χ2n) is 8.84. The topological polar surface area (TPSA) is 46.3 Å². The van der Waals surface area contributed by atoms with E-state index in [0.29, 0.717) is 6.54 Å². The number of benzene rings is 2. The molecule has 1 saturated heterocycles. The highest BCUT2D eigenvalue weighted by molar-refractivity contribution is 6.33. The molecule has 1 fully saturated rings. The Hall–Kier alpha value is -3.09. The van der Waals surface area contributed by atoms with Crippen molar-refractivity contribution in [3.05, 3.63) is 88.3 Å². The molecule has 0 bridgehead atoms. The summed E-state index contributed by atoms with van der Waals surface area (Å²) < 4.78 is 3.64. The highest BCUT2D eigenvalue weighted by Crippen LogP contribution is 2.26. The lowest BCUT2D eigenvalue weighted by Crippen LogP contribution is -2.46. The van der Waals surface area contributed by atoms with Crippen LogP contribution in [0.1, 0.15) is 19.3 Å². The summed E-state index contributed by atoms with van der Waals surface area (Å²) in [6.45, 7) is 5.85. The van der Waals surface area contributed by atoms with Gasteiger partial charge in [0.25, 0.3) is 5.56 Å². The lowest BCUT2D eigenvalue weighted by atomic mass is 10.2. The first-order valence-corrected chi connectivity index (χ1v) is 12.4. The molecular weight excluding hydrogens is 446 g/mol. The van der Waals surface area contributed by atoms with E-state index in [4.69, 9.17) is 11.6 Å². The van der Waals surface area contributed by atoms with Crippen molar-refractivity contribution in [1.82, 2.24) is 19.2 Å². The van der Waals surface area contributed by atoms with Gasteiger partial charge in [0.15, 0.2) is 5.82 Å². The first kappa shape index (κ1) is 22.7. The van der Waals surface area contributed by atoms with E-state index >= 15 is 0 Å². The van der Waals surface area contributed by atoms with Crippen molar-refractivity contribution in [3.8, 4) is 5.82 Å². The number of aryl methyl sites for hydroxylation is 1. The van der Waals surface area contributed by atoms with Gasteiger partial charge in [-0.3, -0.25) is 14.3 Å². The Labute approximate surface area is 205 Å². The van der Waals surface area contributed by atoms with Crippen LogP contribution < -0.4 is 10.5 Å². The van der Waals surface area contributed by atoms with Crippen LogP contribution in [0.2, 0.25) is 5.02 Å². The molecule has 4 aromatic rings. The predicted molar refractivity (Wildman–Crippen MR) is 139 cm³/mol. The minimum atomic E-state index is -0.0455. The Balaban J connectivity index is 1.09. The summed E-state index contributed by atoms with van der Waals surface area (Å²) in [4.78, 5) is 17.3. The summed E-state index contributed by atoms with van der Waals surface area (Å²) in [5.74, 6) is 0.775. The zero-order valence-corrected chi connectivity index (χ0v) is 20.1. The average molecular weight is 476 g/mol. The van der Waals surface area contributed by atoms with Gasteiger partial charge in [0.05, 0.1) is 16.2 Å². The van der Waals surface area contributed by atoms with Crippen molar-refractivity contribution in [2.75, 3.05) is 37.6 Å². The van der Waals surface area contributed by atoms with Gasteiger partial charge in [-0.2, -0.15) is 5.10 Å². The van der Waals surface area contributed by atoms with Crippen LogP contribution in [0.3, 0.4) is 0 Å². The Morgan fingerprint density at radius 3 is 2.41 bits per heavy atom. The molecule has 0 saturated carbocycles. The van der Waals surface area contributed by atoms with E-state index in [1.54, 1.807) is 16.8 Å². The van der Waals surface area contributed by atoms with Crippen LogP contribution in [-0.2, 0) is 6.54 Å². The molecule has 3 heterocycles. The van der Waals surface area contributed by atoms with Crippen molar-refractivity contribution in [2.24, 2.45) is 0 Å². The van der Waals surface area contributed by atoms with Crippen LogP contribution in [0.25, 0.3) is 16.7 Å². The Morgan fingerprint density at radius 1 is 0.794 bits per heavy atom. The van der Waals surface area contributed by atoms with Crippen LogP contribution in [0.5, 0.6) is 0 Å². The van der Waals surface area contributed by atoms with Crippen LogP contribution in [-0.4, -0.2) is 52.0 Å². The summed E-state index contributed by atoms with van der Waals surface area (Å²) >= 11 is 6.35. The largest absolute Gasteiger partial charge is 0.368 e. The molecule has 0 N–H and O–H groups in total. The summed E-state index contributed by atoms with van der Waals surface area (Å²) in [5.41, 5.74) is 2.18. The van der Waals surface area contributed by atoms with Crippen molar-refractivity contribution in [1.29, 1.82) is 0 Å². The molecule has 5 rings (SSSR count). The maximum atomic E-state index is 12.4. The fraction of sp³-hybridized carbons (Fsp3) is 0.333. The minimum absolute atomic E-state index is 0.0455. The molecule has 0 amide bonds. The van der Waals surface area contributed by atoms with Crippen LogP contribution in [0, 0.1) is 0 Å². The molecule has 0 radical (unpaired) electrons. The zero-order valence-electron chi connectivity index (χ0n) is 19.3. The smallest absolute Gasteiger partial charge is 0.266 e. The molecule has 176 valence electrons. The maximum Gasteiger partial charge on any atom is 0.266 e. The van der Waals surface area contributed by atoms with E-state index in [9.17, 15) is 4.79 Å². The molecule has 1 aliphatic rings. The fourth-order valence-electron chi connectivity index (χ4n) is 4.70. The Morgan fingerprint density at radius 2 is 1.56 bits per heavy atom. The van der Waals surface area contributed by atoms with Gasteiger partial charge in [0.1, 0.15) is 0 Å². The van der Waals surface area contributed by atoms with Gasteiger partial charge in [0.2, 0.25) is 0 Å². The lowest BCUT2D eigenvalue weighted by molar-refractivity contribution is 0.251. The molecular formula is C27H30ClN5O.